The van der Waals surface area contributed by atoms with E-state index >= 15 is 0 Å². The number of thiocyanates is 1. The van der Waals surface area contributed by atoms with Gasteiger partial charge in [0.2, 0.25) is 5.91 Å². The SMILES string of the molecule is Cc1ccc([C@]2(C)CC(C)(C)N(C(=O)CSC#N)c3ccc(C)cc32)cc1. The standard InChI is InChI=1S/C23H26N2OS/c1-16-6-9-18(10-7-16)23(5)14-22(3,4)25(21(26)13-27-15-24)20-11-8-17(2)12-19(20)23/h6-12H,13-14H2,1-5H3/t23-/m0/s1. The van der Waals surface area contributed by atoms with Crippen LogP contribution in [0.15, 0.2) is 42.5 Å². The zero-order valence-corrected chi connectivity index (χ0v) is 17.5. The zero-order chi connectivity index (χ0) is 19.8. The van der Waals surface area contributed by atoms with Crippen LogP contribution in [0.25, 0.3) is 0 Å². The van der Waals surface area contributed by atoms with Crippen LogP contribution < -0.4 is 4.90 Å². The summed E-state index contributed by atoms with van der Waals surface area (Å²) in [5.41, 5.74) is 5.31. The van der Waals surface area contributed by atoms with E-state index in [4.69, 9.17) is 5.26 Å². The number of thioether (sulfide) groups is 1. The first-order valence-electron chi connectivity index (χ1n) is 9.21. The van der Waals surface area contributed by atoms with Gasteiger partial charge in [0.25, 0.3) is 0 Å². The number of aryl methyl sites for hydroxylation is 2. The minimum absolute atomic E-state index is 0.0115. The van der Waals surface area contributed by atoms with Gasteiger partial charge in [-0.1, -0.05) is 54.4 Å². The van der Waals surface area contributed by atoms with Gasteiger partial charge in [-0.3, -0.25) is 4.79 Å². The number of benzene rings is 2. The van der Waals surface area contributed by atoms with Gasteiger partial charge in [-0.25, -0.2) is 0 Å². The van der Waals surface area contributed by atoms with Gasteiger partial charge in [-0.15, -0.1) is 0 Å². The Morgan fingerprint density at radius 1 is 1.11 bits per heavy atom. The summed E-state index contributed by atoms with van der Waals surface area (Å²) in [7, 11) is 0. The summed E-state index contributed by atoms with van der Waals surface area (Å²) in [5, 5.41) is 10.9. The monoisotopic (exact) mass is 378 g/mol. The van der Waals surface area contributed by atoms with Crippen molar-refractivity contribution < 1.29 is 4.79 Å². The Morgan fingerprint density at radius 2 is 1.74 bits per heavy atom. The molecule has 0 N–H and O–H groups in total. The van der Waals surface area contributed by atoms with E-state index in [-0.39, 0.29) is 22.6 Å². The second kappa shape index (κ2) is 7.05. The molecule has 140 valence electrons. The molecule has 1 aliphatic heterocycles. The smallest absolute Gasteiger partial charge is 0.238 e. The number of nitriles is 1. The van der Waals surface area contributed by atoms with Crippen molar-refractivity contribution in [3.63, 3.8) is 0 Å². The predicted octanol–water partition coefficient (Wildman–Crippen LogP) is 5.34. The lowest BCUT2D eigenvalue weighted by atomic mass is 9.65. The zero-order valence-electron chi connectivity index (χ0n) is 16.7. The molecule has 3 rings (SSSR count). The summed E-state index contributed by atoms with van der Waals surface area (Å²) in [6.45, 7) is 10.7. The van der Waals surface area contributed by atoms with Crippen LogP contribution in [-0.4, -0.2) is 17.2 Å². The molecule has 2 aromatic rings. The average Bonchev–Trinajstić information content (AvgIpc) is 2.60. The van der Waals surface area contributed by atoms with E-state index in [1.165, 1.54) is 22.3 Å². The minimum atomic E-state index is -0.352. The maximum atomic E-state index is 13.0. The third-order valence-electron chi connectivity index (χ3n) is 5.58. The molecule has 0 saturated carbocycles. The van der Waals surface area contributed by atoms with E-state index in [2.05, 4.69) is 77.1 Å². The molecule has 0 saturated heterocycles. The Balaban J connectivity index is 2.19. The molecule has 1 heterocycles. The number of rotatable bonds is 3. The topological polar surface area (TPSA) is 44.1 Å². The molecule has 3 nitrogen and oxygen atoms in total. The van der Waals surface area contributed by atoms with Gasteiger partial charge < -0.3 is 4.90 Å². The normalized spacial score (nSPS) is 20.7. The fourth-order valence-electron chi connectivity index (χ4n) is 4.46. The molecule has 0 bridgehead atoms. The maximum Gasteiger partial charge on any atom is 0.238 e. The highest BCUT2D eigenvalue weighted by atomic mass is 32.2. The molecule has 0 aliphatic carbocycles. The summed E-state index contributed by atoms with van der Waals surface area (Å²) < 4.78 is 0. The lowest BCUT2D eigenvalue weighted by Crippen LogP contribution is -2.56. The maximum absolute atomic E-state index is 13.0. The second-order valence-electron chi connectivity index (χ2n) is 8.32. The average molecular weight is 379 g/mol. The van der Waals surface area contributed by atoms with Gasteiger partial charge >= 0.3 is 0 Å². The number of amides is 1. The van der Waals surface area contributed by atoms with Crippen molar-refractivity contribution in [1.29, 1.82) is 5.26 Å². The van der Waals surface area contributed by atoms with Gasteiger partial charge in [0, 0.05) is 16.6 Å². The number of nitrogens with zero attached hydrogens (tertiary/aromatic N) is 2. The molecular formula is C23H26N2OS. The molecular weight excluding hydrogens is 352 g/mol. The van der Waals surface area contributed by atoms with E-state index < -0.39 is 0 Å². The van der Waals surface area contributed by atoms with Crippen LogP contribution in [0, 0.1) is 24.5 Å². The lowest BCUT2D eigenvalue weighted by molar-refractivity contribution is -0.117. The molecule has 2 aromatic carbocycles. The van der Waals surface area contributed by atoms with Crippen LogP contribution >= 0.6 is 11.8 Å². The molecule has 0 aromatic heterocycles. The minimum Gasteiger partial charge on any atom is -0.306 e. The summed E-state index contributed by atoms with van der Waals surface area (Å²) in [6, 6.07) is 15.1. The van der Waals surface area contributed by atoms with Crippen molar-refractivity contribution in [3.05, 3.63) is 64.7 Å². The highest BCUT2D eigenvalue weighted by Crippen LogP contribution is 2.50. The van der Waals surface area contributed by atoms with Crippen molar-refractivity contribution >= 4 is 23.4 Å². The number of anilines is 1. The summed E-state index contributed by atoms with van der Waals surface area (Å²) in [4.78, 5) is 14.9. The third kappa shape index (κ3) is 3.49. The van der Waals surface area contributed by atoms with Crippen molar-refractivity contribution in [2.75, 3.05) is 10.7 Å². The summed E-state index contributed by atoms with van der Waals surface area (Å²) >= 11 is 1.00. The van der Waals surface area contributed by atoms with Gasteiger partial charge in [-0.2, -0.15) is 5.26 Å². The Morgan fingerprint density at radius 3 is 2.37 bits per heavy atom. The van der Waals surface area contributed by atoms with Crippen LogP contribution in [0.1, 0.15) is 49.4 Å². The first-order valence-corrected chi connectivity index (χ1v) is 10.2. The molecule has 27 heavy (non-hydrogen) atoms. The predicted molar refractivity (Wildman–Crippen MR) is 113 cm³/mol. The molecule has 0 fully saturated rings. The Labute approximate surface area is 166 Å². The van der Waals surface area contributed by atoms with E-state index in [1.807, 2.05) is 10.3 Å². The Kier molecular flexibility index (Phi) is 5.10. The van der Waals surface area contributed by atoms with E-state index in [0.29, 0.717) is 0 Å². The first-order chi connectivity index (χ1) is 12.7. The molecule has 4 heteroatoms. The van der Waals surface area contributed by atoms with E-state index in [9.17, 15) is 4.79 Å². The molecule has 1 amide bonds. The van der Waals surface area contributed by atoms with Crippen molar-refractivity contribution in [1.82, 2.24) is 0 Å². The molecule has 1 aliphatic rings. The number of carbonyl (C=O) groups is 1. The first kappa shape index (κ1) is 19.5. The van der Waals surface area contributed by atoms with Gasteiger partial charge in [-0.05, 0) is 63.1 Å². The van der Waals surface area contributed by atoms with Crippen molar-refractivity contribution in [3.8, 4) is 5.40 Å². The van der Waals surface area contributed by atoms with Crippen LogP contribution in [0.5, 0.6) is 0 Å². The van der Waals surface area contributed by atoms with E-state index in [1.54, 1.807) is 0 Å². The van der Waals surface area contributed by atoms with Gasteiger partial charge in [0.1, 0.15) is 5.40 Å². The fraction of sp³-hybridized carbons (Fsp3) is 0.391. The lowest BCUT2D eigenvalue weighted by Gasteiger charge is -2.51. The summed E-state index contributed by atoms with van der Waals surface area (Å²) in [5.74, 6) is 0.164. The number of hydrogen-bond donors (Lipinski definition) is 0. The molecule has 1 atom stereocenters. The van der Waals surface area contributed by atoms with Gasteiger partial charge in [0.15, 0.2) is 0 Å². The summed E-state index contributed by atoms with van der Waals surface area (Å²) in [6.07, 6.45) is 0.822. The molecule has 0 unspecified atom stereocenters. The molecule has 0 spiro atoms. The van der Waals surface area contributed by atoms with Crippen LogP contribution in [0.3, 0.4) is 0 Å². The van der Waals surface area contributed by atoms with Crippen molar-refractivity contribution in [2.24, 2.45) is 0 Å². The Bertz CT molecular complexity index is 911. The van der Waals surface area contributed by atoms with Gasteiger partial charge in [0.05, 0.1) is 5.75 Å². The van der Waals surface area contributed by atoms with Crippen LogP contribution in [-0.2, 0) is 10.2 Å². The second-order valence-corrected chi connectivity index (χ2v) is 9.08. The Hall–Kier alpha value is -2.25. The highest BCUT2D eigenvalue weighted by molar-refractivity contribution is 8.04. The van der Waals surface area contributed by atoms with Crippen molar-refractivity contribution in [2.45, 2.75) is 52.0 Å². The quantitative estimate of drug-likeness (QED) is 0.677. The van der Waals surface area contributed by atoms with E-state index in [0.717, 1.165) is 23.9 Å². The third-order valence-corrected chi connectivity index (χ3v) is 6.10. The van der Waals surface area contributed by atoms with Crippen LogP contribution in [0.4, 0.5) is 5.69 Å². The largest absolute Gasteiger partial charge is 0.306 e. The van der Waals surface area contributed by atoms with Crippen LogP contribution in [0.2, 0.25) is 0 Å². The highest BCUT2D eigenvalue weighted by Gasteiger charge is 2.47. The fourth-order valence-corrected chi connectivity index (χ4v) is 4.78. The number of carbonyl (C=O) groups excluding carboxylic acids is 1. The molecule has 0 radical (unpaired) electrons. The number of fused-ring (bicyclic) bond motifs is 1. The number of hydrogen-bond acceptors (Lipinski definition) is 3.